The van der Waals surface area contributed by atoms with Crippen molar-refractivity contribution in [3.05, 3.63) is 208 Å². The van der Waals surface area contributed by atoms with E-state index in [0.717, 1.165) is 22.3 Å². The van der Waals surface area contributed by atoms with E-state index in [4.69, 9.17) is 27.6 Å². The Morgan fingerprint density at radius 2 is 0.556 bits per heavy atom. The van der Waals surface area contributed by atoms with E-state index in [2.05, 4.69) is 9.97 Å². The molecule has 0 atom stereocenters. The van der Waals surface area contributed by atoms with Crippen LogP contribution < -0.4 is 22.5 Å². The zero-order chi connectivity index (χ0) is 49.1. The summed E-state index contributed by atoms with van der Waals surface area (Å²) in [7, 11) is 0. The highest BCUT2D eigenvalue weighted by atomic mass is 16.4. The molecule has 0 fully saturated rings. The highest BCUT2D eigenvalue weighted by Crippen LogP contribution is 2.42. The molecule has 2 aliphatic rings. The smallest absolute Gasteiger partial charge is 0.336 e. The van der Waals surface area contributed by atoms with Crippen LogP contribution in [-0.2, 0) is 0 Å². The molecule has 72 heavy (non-hydrogen) atoms. The molecule has 7 aromatic heterocycles. The Morgan fingerprint density at radius 3 is 0.792 bits per heavy atom. The van der Waals surface area contributed by atoms with Crippen molar-refractivity contribution in [1.29, 1.82) is 0 Å². The summed E-state index contributed by atoms with van der Waals surface area (Å²) in [6.45, 7) is 7.73. The Bertz CT molecular complexity index is 4140. The fourth-order valence-electron chi connectivity index (χ4n) is 10.2. The number of nitrogens with zero attached hydrogens (tertiary/aromatic N) is 2. The molecule has 12 nitrogen and oxygen atoms in total. The molecule has 346 valence electrons. The summed E-state index contributed by atoms with van der Waals surface area (Å²) in [6.07, 6.45) is 7.56. The quantitative estimate of drug-likeness (QED) is 0.161. The number of nitrogens with one attached hydrogen (secondary N) is 2. The molecule has 0 amide bonds. The molecule has 9 heterocycles. The van der Waals surface area contributed by atoms with Crippen molar-refractivity contribution in [2.24, 2.45) is 0 Å². The minimum atomic E-state index is -0.546. The van der Waals surface area contributed by atoms with Gasteiger partial charge in [0.05, 0.1) is 22.8 Å². The number of fused-ring (bicyclic) bond motifs is 12. The molecule has 0 saturated carbocycles. The van der Waals surface area contributed by atoms with Crippen LogP contribution in [0.25, 0.3) is 135 Å². The van der Waals surface area contributed by atoms with Crippen molar-refractivity contribution < 1.29 is 17.7 Å². The van der Waals surface area contributed by atoms with Gasteiger partial charge in [0.15, 0.2) is 0 Å². The molecule has 0 aliphatic carbocycles. The lowest BCUT2D eigenvalue weighted by atomic mass is 9.99. The van der Waals surface area contributed by atoms with E-state index in [-0.39, 0.29) is 0 Å². The summed E-state index contributed by atoms with van der Waals surface area (Å²) >= 11 is 0. The first-order chi connectivity index (χ1) is 34.9. The Labute approximate surface area is 406 Å². The molecule has 8 bridgehead atoms. The number of aryl methyl sites for hydroxylation is 4. The van der Waals surface area contributed by atoms with Crippen molar-refractivity contribution in [1.82, 2.24) is 19.9 Å². The summed E-state index contributed by atoms with van der Waals surface area (Å²) in [6, 6.07) is 36.5. The number of aromatic nitrogens is 4. The zero-order valence-electron chi connectivity index (χ0n) is 39.0. The van der Waals surface area contributed by atoms with Gasteiger partial charge in [-0.3, -0.25) is 0 Å². The van der Waals surface area contributed by atoms with E-state index in [0.29, 0.717) is 133 Å². The molecule has 4 aromatic carbocycles. The second kappa shape index (κ2) is 15.9. The third-order valence-corrected chi connectivity index (χ3v) is 13.4. The van der Waals surface area contributed by atoms with Crippen LogP contribution >= 0.6 is 0 Å². The van der Waals surface area contributed by atoms with Crippen LogP contribution in [0.5, 0.6) is 0 Å². The van der Waals surface area contributed by atoms with Crippen LogP contribution in [0.4, 0.5) is 0 Å². The molecule has 2 aliphatic heterocycles. The van der Waals surface area contributed by atoms with Gasteiger partial charge in [-0.2, -0.15) is 0 Å². The molecule has 11 aromatic rings. The Balaban J connectivity index is 1.26. The number of H-pyrrole nitrogens is 2. The lowest BCUT2D eigenvalue weighted by Gasteiger charge is -2.10. The van der Waals surface area contributed by atoms with E-state index in [9.17, 15) is 19.2 Å². The lowest BCUT2D eigenvalue weighted by molar-refractivity contribution is 0.561. The topological polar surface area (TPSA) is 178 Å². The van der Waals surface area contributed by atoms with Crippen molar-refractivity contribution >= 4 is 90.2 Å². The monoisotopic (exact) mass is 942 g/mol. The van der Waals surface area contributed by atoms with E-state index >= 15 is 0 Å². The van der Waals surface area contributed by atoms with Crippen LogP contribution in [0.3, 0.4) is 0 Å². The first-order valence-corrected chi connectivity index (χ1v) is 23.2. The van der Waals surface area contributed by atoms with Gasteiger partial charge < -0.3 is 27.6 Å². The van der Waals surface area contributed by atoms with Gasteiger partial charge >= 0.3 is 22.5 Å². The highest BCUT2D eigenvalue weighted by molar-refractivity contribution is 6.09. The largest absolute Gasteiger partial charge is 0.423 e. The van der Waals surface area contributed by atoms with E-state index in [1.54, 1.807) is 0 Å². The van der Waals surface area contributed by atoms with E-state index in [1.165, 1.54) is 24.3 Å². The maximum absolute atomic E-state index is 13.6. The van der Waals surface area contributed by atoms with E-state index in [1.807, 2.05) is 149 Å². The zero-order valence-corrected chi connectivity index (χ0v) is 39.0. The Kier molecular flexibility index (Phi) is 9.39. The second-order valence-electron chi connectivity index (χ2n) is 18.4. The first-order valence-electron chi connectivity index (χ1n) is 23.2. The molecular weight excluding hydrogens is 905 g/mol. The predicted molar refractivity (Wildman–Crippen MR) is 284 cm³/mol. The molecule has 0 unspecified atom stereocenters. The van der Waals surface area contributed by atoms with E-state index < -0.39 is 22.5 Å². The van der Waals surface area contributed by atoms with Crippen LogP contribution in [0.15, 0.2) is 158 Å². The summed E-state index contributed by atoms with van der Waals surface area (Å²) in [5.74, 6) is 0. The predicted octanol–water partition coefficient (Wildman–Crippen LogP) is 13.0. The van der Waals surface area contributed by atoms with Gasteiger partial charge in [-0.05, 0) is 123 Å². The van der Waals surface area contributed by atoms with Crippen LogP contribution in [0.2, 0.25) is 0 Å². The average Bonchev–Trinajstić information content (AvgIpc) is 4.19. The highest BCUT2D eigenvalue weighted by Gasteiger charge is 2.24. The van der Waals surface area contributed by atoms with Gasteiger partial charge in [0.2, 0.25) is 0 Å². The Hall–Kier alpha value is -9.68. The molecule has 12 heteroatoms. The molecule has 13 rings (SSSR count). The van der Waals surface area contributed by atoms with Gasteiger partial charge in [0, 0.05) is 112 Å². The summed E-state index contributed by atoms with van der Waals surface area (Å²) in [5, 5.41) is 2.72. The summed E-state index contributed by atoms with van der Waals surface area (Å²) < 4.78 is 23.2. The Morgan fingerprint density at radius 1 is 0.319 bits per heavy atom. The van der Waals surface area contributed by atoms with Gasteiger partial charge in [-0.1, -0.05) is 48.5 Å². The maximum Gasteiger partial charge on any atom is 0.336 e. The average molecular weight is 943 g/mol. The van der Waals surface area contributed by atoms with Gasteiger partial charge in [0.25, 0.3) is 0 Å². The number of hydrogen-bond acceptors (Lipinski definition) is 10. The maximum atomic E-state index is 13.6. The van der Waals surface area contributed by atoms with Crippen molar-refractivity contribution in [3.63, 3.8) is 0 Å². The van der Waals surface area contributed by atoms with Crippen LogP contribution in [0, 0.1) is 27.7 Å². The number of hydrogen-bond donors (Lipinski definition) is 2. The van der Waals surface area contributed by atoms with Gasteiger partial charge in [0.1, 0.15) is 22.3 Å². The standard InChI is InChI=1S/C60H38N4O8/c1-29-5-9-33-37(25-53(65)69-49(33)21-29)57-41-13-15-43(61-41)58(38-26-54(66)70-50-22-30(2)6-10-34(38)50)45-17-19-47(63-45)60(40-28-56(68)72-52-24-32(4)8-12-36(40)52)48-20-18-46(64-48)59(44-16-14-42(57)62-44)39-27-55(67)71-51-23-31(3)7-11-35(39)51/h5-28,61,64H,1-4H3. The molecule has 0 spiro atoms. The van der Waals surface area contributed by atoms with Gasteiger partial charge in [-0.15, -0.1) is 0 Å². The van der Waals surface area contributed by atoms with Crippen molar-refractivity contribution in [2.45, 2.75) is 27.7 Å². The number of rotatable bonds is 4. The summed E-state index contributed by atoms with van der Waals surface area (Å²) in [5.41, 5.74) is 12.1. The minimum absolute atomic E-state index is 0.407. The molecule has 0 saturated heterocycles. The molecule has 0 radical (unpaired) electrons. The summed E-state index contributed by atoms with van der Waals surface area (Å²) in [4.78, 5) is 72.6. The number of benzene rings is 4. The molecular formula is C60H38N4O8. The molecule has 2 N–H and O–H groups in total. The third kappa shape index (κ3) is 6.99. The van der Waals surface area contributed by atoms with Gasteiger partial charge in [-0.25, -0.2) is 29.1 Å². The minimum Gasteiger partial charge on any atom is -0.423 e. The SMILES string of the molecule is Cc1ccc2c(-c3c4nc(c(-c5cc(=O)oc6cc(C)ccc56)c5ccc([nH]5)c(-c5cc(=O)oc6cc(C)ccc56)c5nc(c(-c6cc(=O)oc7cc(C)ccc67)c6ccc3[nH]6)C=C5)C=C4)cc(=O)oc2c1. The van der Waals surface area contributed by atoms with Crippen LogP contribution in [0.1, 0.15) is 45.0 Å². The second-order valence-corrected chi connectivity index (χ2v) is 18.4. The lowest BCUT2D eigenvalue weighted by Crippen LogP contribution is -2.01. The number of aromatic amines is 2. The fourth-order valence-corrected chi connectivity index (χ4v) is 10.2. The normalized spacial score (nSPS) is 12.3. The van der Waals surface area contributed by atoms with Crippen LogP contribution in [-0.4, -0.2) is 19.9 Å². The fraction of sp³-hybridized carbons (Fsp3) is 0.0667. The first kappa shape index (κ1) is 42.4. The van der Waals surface area contributed by atoms with Crippen molar-refractivity contribution in [2.75, 3.05) is 0 Å². The van der Waals surface area contributed by atoms with Crippen molar-refractivity contribution in [3.8, 4) is 44.5 Å². The third-order valence-electron chi connectivity index (χ3n) is 13.4.